The molecule has 1 saturated heterocycles. The number of amides is 1. The molecule has 0 N–H and O–H groups in total. The summed E-state index contributed by atoms with van der Waals surface area (Å²) in [6.07, 6.45) is -0.998. The van der Waals surface area contributed by atoms with E-state index in [1.54, 1.807) is 4.90 Å². The smallest absolute Gasteiger partial charge is 0.342 e. The molecule has 2 rings (SSSR count). The van der Waals surface area contributed by atoms with E-state index in [1.165, 1.54) is 0 Å². The average Bonchev–Trinajstić information content (AvgIpc) is 2.46. The Bertz CT molecular complexity index is 364. The lowest BCUT2D eigenvalue weighted by Crippen LogP contribution is -2.44. The Kier molecular flexibility index (Phi) is 5.60. The number of piperidine rings is 1. The van der Waals surface area contributed by atoms with Crippen LogP contribution in [0.15, 0.2) is 0 Å². The van der Waals surface area contributed by atoms with E-state index >= 15 is 0 Å². The molecule has 1 aliphatic heterocycles. The van der Waals surface area contributed by atoms with Crippen LogP contribution in [0.4, 0.5) is 13.2 Å². The molecule has 21 heavy (non-hydrogen) atoms. The monoisotopic (exact) mass is 369 g/mol. The summed E-state index contributed by atoms with van der Waals surface area (Å²) in [5.41, 5.74) is 0. The summed E-state index contributed by atoms with van der Waals surface area (Å²) < 4.78 is 38.5. The summed E-state index contributed by atoms with van der Waals surface area (Å²) in [5.74, 6) is -1.21. The van der Waals surface area contributed by atoms with E-state index in [1.807, 2.05) is 0 Å². The van der Waals surface area contributed by atoms with Crippen molar-refractivity contribution in [1.29, 1.82) is 0 Å². The number of hydrogen-bond donors (Lipinski definition) is 0. The van der Waals surface area contributed by atoms with Crippen LogP contribution >= 0.6 is 15.9 Å². The molecule has 0 radical (unpaired) electrons. The lowest BCUT2D eigenvalue weighted by molar-refractivity contribution is -0.187. The molecule has 6 heteroatoms. The third kappa shape index (κ3) is 4.36. The van der Waals surface area contributed by atoms with Crippen molar-refractivity contribution >= 4 is 21.8 Å². The Labute approximate surface area is 132 Å². The van der Waals surface area contributed by atoms with Gasteiger partial charge in [-0.25, -0.2) is 0 Å². The van der Waals surface area contributed by atoms with E-state index in [9.17, 15) is 18.0 Å². The predicted molar refractivity (Wildman–Crippen MR) is 79.2 cm³/mol. The van der Waals surface area contributed by atoms with Gasteiger partial charge in [-0.3, -0.25) is 4.79 Å². The van der Waals surface area contributed by atoms with Gasteiger partial charge in [0.1, 0.15) is 0 Å². The van der Waals surface area contributed by atoms with E-state index in [4.69, 9.17) is 0 Å². The predicted octanol–water partition coefficient (Wildman–Crippen LogP) is 4.38. The summed E-state index contributed by atoms with van der Waals surface area (Å²) in [7, 11) is 0. The van der Waals surface area contributed by atoms with Crippen molar-refractivity contribution in [3.05, 3.63) is 0 Å². The minimum absolute atomic E-state index is 0.0168. The van der Waals surface area contributed by atoms with Gasteiger partial charge in [0.05, 0.1) is 5.92 Å². The van der Waals surface area contributed by atoms with Gasteiger partial charge in [0, 0.05) is 23.8 Å². The highest BCUT2D eigenvalue weighted by atomic mass is 79.9. The fourth-order valence-corrected chi connectivity index (χ4v) is 4.08. The maximum absolute atomic E-state index is 12.8. The first kappa shape index (κ1) is 17.1. The first-order valence-electron chi connectivity index (χ1n) is 7.78. The Morgan fingerprint density at radius 3 is 2.33 bits per heavy atom. The molecule has 0 aromatic rings. The van der Waals surface area contributed by atoms with E-state index < -0.39 is 18.0 Å². The number of alkyl halides is 4. The van der Waals surface area contributed by atoms with Gasteiger partial charge in [0.15, 0.2) is 0 Å². The third-order valence-electron chi connectivity index (χ3n) is 4.99. The average molecular weight is 370 g/mol. The zero-order valence-electron chi connectivity index (χ0n) is 12.3. The summed E-state index contributed by atoms with van der Waals surface area (Å²) in [6.45, 7) is 3.48. The maximum atomic E-state index is 12.8. The lowest BCUT2D eigenvalue weighted by atomic mass is 9.80. The van der Waals surface area contributed by atoms with Gasteiger partial charge >= 0.3 is 6.18 Å². The van der Waals surface area contributed by atoms with Crippen LogP contribution in [0.2, 0.25) is 0 Å². The normalized spacial score (nSPS) is 30.2. The highest BCUT2D eigenvalue weighted by Crippen LogP contribution is 2.40. The molecular formula is C15H23BrF3NO. The van der Waals surface area contributed by atoms with Crippen molar-refractivity contribution in [3.63, 3.8) is 0 Å². The van der Waals surface area contributed by atoms with E-state index in [-0.39, 0.29) is 18.7 Å². The standard InChI is InChI=1S/C15H23BrF3NO/c1-10(16)11-5-7-20(8-6-11)14(21)12-3-2-4-13(9-12)15(17,18)19/h10-13H,2-9H2,1H3. The highest BCUT2D eigenvalue weighted by Gasteiger charge is 2.44. The van der Waals surface area contributed by atoms with E-state index in [2.05, 4.69) is 22.9 Å². The van der Waals surface area contributed by atoms with Gasteiger partial charge in [0.25, 0.3) is 0 Å². The number of carbonyl (C=O) groups is 1. The SMILES string of the molecule is CC(Br)C1CCN(C(=O)C2CCCC(C(F)(F)F)C2)CC1. The first-order valence-corrected chi connectivity index (χ1v) is 8.70. The Morgan fingerprint density at radius 2 is 1.81 bits per heavy atom. The zero-order valence-corrected chi connectivity index (χ0v) is 13.9. The van der Waals surface area contributed by atoms with Crippen LogP contribution in [0.5, 0.6) is 0 Å². The molecule has 1 aliphatic carbocycles. The third-order valence-corrected chi connectivity index (χ3v) is 5.73. The van der Waals surface area contributed by atoms with Crippen LogP contribution in [0.1, 0.15) is 45.4 Å². The highest BCUT2D eigenvalue weighted by molar-refractivity contribution is 9.09. The molecule has 0 spiro atoms. The number of halogens is 4. The summed E-state index contributed by atoms with van der Waals surface area (Å²) >= 11 is 3.57. The van der Waals surface area contributed by atoms with Crippen LogP contribution < -0.4 is 0 Å². The van der Waals surface area contributed by atoms with Crippen LogP contribution in [-0.2, 0) is 4.79 Å². The van der Waals surface area contributed by atoms with Gasteiger partial charge in [-0.2, -0.15) is 13.2 Å². The second kappa shape index (κ2) is 6.88. The van der Waals surface area contributed by atoms with Crippen molar-refractivity contribution in [3.8, 4) is 0 Å². The quantitative estimate of drug-likeness (QED) is 0.661. The second-order valence-electron chi connectivity index (χ2n) is 6.44. The van der Waals surface area contributed by atoms with Crippen LogP contribution in [0.25, 0.3) is 0 Å². The van der Waals surface area contributed by atoms with E-state index in [0.29, 0.717) is 36.7 Å². The second-order valence-corrected chi connectivity index (χ2v) is 7.89. The molecule has 2 aliphatic rings. The molecule has 1 heterocycles. The van der Waals surface area contributed by atoms with E-state index in [0.717, 1.165) is 12.8 Å². The van der Waals surface area contributed by atoms with Crippen molar-refractivity contribution < 1.29 is 18.0 Å². The number of carbonyl (C=O) groups excluding carboxylic acids is 1. The molecule has 0 aromatic carbocycles. The number of hydrogen-bond acceptors (Lipinski definition) is 1. The fraction of sp³-hybridized carbons (Fsp3) is 0.933. The van der Waals surface area contributed by atoms with Crippen molar-refractivity contribution in [2.24, 2.45) is 17.8 Å². The minimum Gasteiger partial charge on any atom is -0.342 e. The first-order chi connectivity index (χ1) is 9.79. The minimum atomic E-state index is -4.16. The molecule has 1 amide bonds. The van der Waals surface area contributed by atoms with Crippen LogP contribution in [0.3, 0.4) is 0 Å². The molecular weight excluding hydrogens is 347 g/mol. The molecule has 0 bridgehead atoms. The van der Waals surface area contributed by atoms with Gasteiger partial charge in [-0.15, -0.1) is 0 Å². The van der Waals surface area contributed by atoms with Crippen LogP contribution in [0, 0.1) is 17.8 Å². The molecule has 3 atom stereocenters. The summed E-state index contributed by atoms with van der Waals surface area (Å²) in [5, 5.41) is 0. The zero-order chi connectivity index (χ0) is 15.6. The lowest BCUT2D eigenvalue weighted by Gasteiger charge is -2.37. The van der Waals surface area contributed by atoms with Crippen LogP contribution in [-0.4, -0.2) is 34.9 Å². The molecule has 0 aromatic heterocycles. The summed E-state index contributed by atoms with van der Waals surface area (Å²) in [4.78, 5) is 14.7. The largest absolute Gasteiger partial charge is 0.391 e. The number of likely N-dealkylation sites (tertiary alicyclic amines) is 1. The number of nitrogens with zero attached hydrogens (tertiary/aromatic N) is 1. The van der Waals surface area contributed by atoms with Crippen molar-refractivity contribution in [2.45, 2.75) is 56.5 Å². The molecule has 1 saturated carbocycles. The molecule has 122 valence electrons. The topological polar surface area (TPSA) is 20.3 Å². The van der Waals surface area contributed by atoms with Crippen molar-refractivity contribution in [1.82, 2.24) is 4.90 Å². The molecule has 2 fully saturated rings. The Morgan fingerprint density at radius 1 is 1.19 bits per heavy atom. The number of rotatable bonds is 2. The van der Waals surface area contributed by atoms with Gasteiger partial charge in [0.2, 0.25) is 5.91 Å². The Balaban J connectivity index is 1.89. The molecule has 2 nitrogen and oxygen atoms in total. The maximum Gasteiger partial charge on any atom is 0.391 e. The van der Waals surface area contributed by atoms with Gasteiger partial charge in [-0.05, 0) is 38.0 Å². The molecule has 3 unspecified atom stereocenters. The Hall–Kier alpha value is -0.260. The fourth-order valence-electron chi connectivity index (χ4n) is 3.55. The van der Waals surface area contributed by atoms with Crippen molar-refractivity contribution in [2.75, 3.05) is 13.1 Å². The summed E-state index contributed by atoms with van der Waals surface area (Å²) in [6, 6.07) is 0. The van der Waals surface area contributed by atoms with Gasteiger partial charge in [-0.1, -0.05) is 29.3 Å². The van der Waals surface area contributed by atoms with Gasteiger partial charge < -0.3 is 4.90 Å².